The van der Waals surface area contributed by atoms with E-state index in [4.69, 9.17) is 4.74 Å². The molecule has 4 amide bonds. The smallest absolute Gasteiger partial charge is 0.321 e. The molecule has 3 aliphatic rings. The number of ether oxygens (including phenoxy) is 1. The standard InChI is InChI=1S/C22H27N7O4/c1-23-22(32)29-8-5-12(6-9-29)18-17-19(28-27-18)13-3-2-4-14(16(13)20(17)30)25-21(31)26-15-11-24-7-10-33-15/h2-4,12,15,24H,5-11H2,1H3,(H,23,32)(H,27,28)(H2,25,26,31). The molecule has 2 aromatic rings. The van der Waals surface area contributed by atoms with Crippen molar-refractivity contribution in [1.82, 2.24) is 31.0 Å². The van der Waals surface area contributed by atoms with Crippen LogP contribution in [0.4, 0.5) is 15.3 Å². The zero-order valence-corrected chi connectivity index (χ0v) is 18.4. The number of fused-ring (bicyclic) bond motifs is 3. The summed E-state index contributed by atoms with van der Waals surface area (Å²) in [7, 11) is 1.62. The van der Waals surface area contributed by atoms with Gasteiger partial charge >= 0.3 is 12.1 Å². The Morgan fingerprint density at radius 3 is 2.76 bits per heavy atom. The average molecular weight is 454 g/mol. The lowest BCUT2D eigenvalue weighted by atomic mass is 9.90. The second-order valence-electron chi connectivity index (χ2n) is 8.40. The largest absolute Gasteiger partial charge is 0.356 e. The Bertz CT molecular complexity index is 1080. The Labute approximate surface area is 190 Å². The molecule has 1 atom stereocenters. The topological polar surface area (TPSA) is 140 Å². The fraction of sp³-hybridized carbons (Fsp3) is 0.455. The minimum absolute atomic E-state index is 0.0878. The van der Waals surface area contributed by atoms with Crippen LogP contribution in [0.25, 0.3) is 11.3 Å². The number of nitrogens with zero attached hydrogens (tertiary/aromatic N) is 2. The lowest BCUT2D eigenvalue weighted by Crippen LogP contribution is -2.50. The van der Waals surface area contributed by atoms with Gasteiger partial charge in [-0.1, -0.05) is 12.1 Å². The van der Waals surface area contributed by atoms with Gasteiger partial charge in [0.05, 0.1) is 29.1 Å². The predicted octanol–water partition coefficient (Wildman–Crippen LogP) is 1.21. The first kappa shape index (κ1) is 21.4. The maximum absolute atomic E-state index is 13.5. The summed E-state index contributed by atoms with van der Waals surface area (Å²) in [5.74, 6) is -0.0416. The molecule has 33 heavy (non-hydrogen) atoms. The summed E-state index contributed by atoms with van der Waals surface area (Å²) < 4.78 is 5.51. The number of anilines is 1. The van der Waals surface area contributed by atoms with Crippen LogP contribution < -0.4 is 21.3 Å². The molecule has 5 N–H and O–H groups in total. The zero-order valence-electron chi connectivity index (χ0n) is 18.4. The number of aromatic nitrogens is 2. The third-order valence-electron chi connectivity index (χ3n) is 6.44. The molecule has 2 saturated heterocycles. The zero-order chi connectivity index (χ0) is 22.9. The van der Waals surface area contributed by atoms with Crippen molar-refractivity contribution in [2.24, 2.45) is 0 Å². The van der Waals surface area contributed by atoms with Crippen molar-refractivity contribution >= 4 is 23.5 Å². The number of nitrogens with one attached hydrogen (secondary N) is 5. The second-order valence-corrected chi connectivity index (χ2v) is 8.40. The summed E-state index contributed by atoms with van der Waals surface area (Å²) in [6.45, 7) is 3.03. The number of likely N-dealkylation sites (tertiary alicyclic amines) is 1. The number of hydrogen-bond acceptors (Lipinski definition) is 6. The van der Waals surface area contributed by atoms with E-state index < -0.39 is 12.3 Å². The van der Waals surface area contributed by atoms with E-state index in [9.17, 15) is 14.4 Å². The van der Waals surface area contributed by atoms with Gasteiger partial charge in [0.15, 0.2) is 5.78 Å². The normalized spacial score (nSPS) is 20.2. The van der Waals surface area contributed by atoms with Gasteiger partial charge in [-0.3, -0.25) is 9.89 Å². The Morgan fingerprint density at radius 1 is 1.21 bits per heavy atom. The number of urea groups is 2. The minimum atomic E-state index is -0.433. The number of piperidine rings is 1. The van der Waals surface area contributed by atoms with Crippen molar-refractivity contribution < 1.29 is 19.1 Å². The highest BCUT2D eigenvalue weighted by Crippen LogP contribution is 2.43. The van der Waals surface area contributed by atoms with E-state index in [0.29, 0.717) is 54.3 Å². The summed E-state index contributed by atoms with van der Waals surface area (Å²) >= 11 is 0. The molecule has 0 saturated carbocycles. The van der Waals surface area contributed by atoms with Gasteiger partial charge in [0.2, 0.25) is 0 Å². The molecule has 3 heterocycles. The molecule has 0 radical (unpaired) electrons. The second kappa shape index (κ2) is 8.83. The first-order valence-corrected chi connectivity index (χ1v) is 11.2. The molecule has 0 spiro atoms. The lowest BCUT2D eigenvalue weighted by molar-refractivity contribution is 0.0156. The number of carbonyl (C=O) groups is 3. The third kappa shape index (κ3) is 3.93. The molecule has 11 nitrogen and oxygen atoms in total. The summed E-state index contributed by atoms with van der Waals surface area (Å²) in [6.07, 6.45) is 1.07. The summed E-state index contributed by atoms with van der Waals surface area (Å²) in [5, 5.41) is 18.9. The number of rotatable bonds is 3. The van der Waals surface area contributed by atoms with E-state index in [1.165, 1.54) is 0 Å². The molecule has 1 aliphatic carbocycles. The number of aromatic amines is 1. The molecule has 1 aromatic carbocycles. The maximum atomic E-state index is 13.5. The predicted molar refractivity (Wildman–Crippen MR) is 120 cm³/mol. The molecule has 2 aliphatic heterocycles. The number of carbonyl (C=O) groups excluding carboxylic acids is 3. The van der Waals surface area contributed by atoms with Gasteiger partial charge in [0.25, 0.3) is 0 Å². The molecule has 1 aromatic heterocycles. The van der Waals surface area contributed by atoms with Gasteiger partial charge in [0.1, 0.15) is 11.9 Å². The fourth-order valence-electron chi connectivity index (χ4n) is 4.79. The van der Waals surface area contributed by atoms with Crippen LogP contribution in [0.1, 0.15) is 40.4 Å². The first-order chi connectivity index (χ1) is 16.1. The van der Waals surface area contributed by atoms with Crippen molar-refractivity contribution in [2.75, 3.05) is 45.2 Å². The van der Waals surface area contributed by atoms with Crippen LogP contribution in [0.2, 0.25) is 0 Å². The van der Waals surface area contributed by atoms with Crippen LogP contribution in [0, 0.1) is 0 Å². The lowest BCUT2D eigenvalue weighted by Gasteiger charge is -2.31. The molecular formula is C22H27N7O4. The summed E-state index contributed by atoms with van der Waals surface area (Å²) in [4.78, 5) is 39.7. The molecular weight excluding hydrogens is 426 g/mol. The maximum Gasteiger partial charge on any atom is 0.321 e. The van der Waals surface area contributed by atoms with Gasteiger partial charge in [0, 0.05) is 44.7 Å². The SMILES string of the molecule is CNC(=O)N1CCC(c2[nH]nc3c2C(=O)c2c(NC(=O)NC4CNCCO4)cccc2-3)CC1. The van der Waals surface area contributed by atoms with E-state index in [1.807, 2.05) is 6.07 Å². The van der Waals surface area contributed by atoms with Crippen LogP contribution in [0.3, 0.4) is 0 Å². The Balaban J connectivity index is 1.33. The van der Waals surface area contributed by atoms with Crippen molar-refractivity contribution in [2.45, 2.75) is 25.0 Å². The number of morpholine rings is 1. The van der Waals surface area contributed by atoms with Crippen LogP contribution >= 0.6 is 0 Å². The Hall–Kier alpha value is -3.44. The van der Waals surface area contributed by atoms with E-state index in [-0.39, 0.29) is 17.7 Å². The summed E-state index contributed by atoms with van der Waals surface area (Å²) in [5.41, 5.74) is 3.58. The number of hydrogen-bond donors (Lipinski definition) is 5. The van der Waals surface area contributed by atoms with Gasteiger partial charge < -0.3 is 30.9 Å². The molecule has 0 bridgehead atoms. The molecule has 11 heteroatoms. The van der Waals surface area contributed by atoms with E-state index in [1.54, 1.807) is 24.1 Å². The van der Waals surface area contributed by atoms with Gasteiger partial charge in [-0.15, -0.1) is 0 Å². The van der Waals surface area contributed by atoms with Gasteiger partial charge in [-0.05, 0) is 18.9 Å². The van der Waals surface area contributed by atoms with E-state index in [0.717, 1.165) is 25.1 Å². The number of amides is 4. The van der Waals surface area contributed by atoms with Crippen LogP contribution in [0.5, 0.6) is 0 Å². The number of H-pyrrole nitrogens is 1. The average Bonchev–Trinajstić information content (AvgIpc) is 3.40. The van der Waals surface area contributed by atoms with Crippen molar-refractivity contribution in [3.8, 4) is 11.3 Å². The number of ketones is 1. The van der Waals surface area contributed by atoms with Crippen molar-refractivity contribution in [3.05, 3.63) is 35.0 Å². The van der Waals surface area contributed by atoms with Crippen molar-refractivity contribution in [1.29, 1.82) is 0 Å². The van der Waals surface area contributed by atoms with Crippen LogP contribution in [-0.2, 0) is 4.74 Å². The van der Waals surface area contributed by atoms with E-state index in [2.05, 4.69) is 31.5 Å². The number of benzene rings is 1. The molecule has 174 valence electrons. The monoisotopic (exact) mass is 453 g/mol. The first-order valence-electron chi connectivity index (χ1n) is 11.2. The molecule has 1 unspecified atom stereocenters. The minimum Gasteiger partial charge on any atom is -0.356 e. The van der Waals surface area contributed by atoms with Crippen LogP contribution in [-0.4, -0.2) is 79.0 Å². The van der Waals surface area contributed by atoms with E-state index >= 15 is 0 Å². The Kier molecular flexibility index (Phi) is 5.73. The molecule has 5 rings (SSSR count). The van der Waals surface area contributed by atoms with Crippen LogP contribution in [0.15, 0.2) is 18.2 Å². The highest BCUT2D eigenvalue weighted by Gasteiger charge is 2.37. The quantitative estimate of drug-likeness (QED) is 0.404. The molecule has 2 fully saturated rings. The highest BCUT2D eigenvalue weighted by atomic mass is 16.5. The summed E-state index contributed by atoms with van der Waals surface area (Å²) in [6, 6.07) is 4.83. The highest BCUT2D eigenvalue weighted by molar-refractivity contribution is 6.25. The van der Waals surface area contributed by atoms with Gasteiger partial charge in [-0.25, -0.2) is 9.59 Å². The Morgan fingerprint density at radius 2 is 2.03 bits per heavy atom. The van der Waals surface area contributed by atoms with Gasteiger partial charge in [-0.2, -0.15) is 5.10 Å². The third-order valence-corrected chi connectivity index (χ3v) is 6.44. The van der Waals surface area contributed by atoms with Crippen molar-refractivity contribution in [3.63, 3.8) is 0 Å². The fourth-order valence-corrected chi connectivity index (χ4v) is 4.79.